The number of hydrogen-bond acceptors (Lipinski definition) is 5. The molecule has 3 heterocycles. The monoisotopic (exact) mass is 430 g/mol. The zero-order chi connectivity index (χ0) is 21.5. The molecule has 3 amide bonds. The molecule has 1 atom stereocenters. The number of thioether (sulfide) groups is 1. The van der Waals surface area contributed by atoms with Crippen LogP contribution in [0.3, 0.4) is 0 Å². The molecule has 0 aromatic heterocycles. The molecule has 3 aliphatic rings. The molecule has 1 fully saturated rings. The number of piperidine rings is 1. The van der Waals surface area contributed by atoms with Crippen LogP contribution in [0.2, 0.25) is 0 Å². The quantitative estimate of drug-likeness (QED) is 0.734. The number of nitrogens with one attached hydrogen (secondary N) is 2. The molecule has 9 heteroatoms. The van der Waals surface area contributed by atoms with Crippen LogP contribution in [-0.2, 0) is 19.3 Å². The van der Waals surface area contributed by atoms with E-state index in [1.807, 2.05) is 25.1 Å². The Hall–Kier alpha value is -2.39. The summed E-state index contributed by atoms with van der Waals surface area (Å²) in [6.07, 6.45) is 3.74. The van der Waals surface area contributed by atoms with Gasteiger partial charge in [0.15, 0.2) is 5.17 Å². The van der Waals surface area contributed by atoms with Crippen LogP contribution in [0.25, 0.3) is 0 Å². The summed E-state index contributed by atoms with van der Waals surface area (Å²) in [6.45, 7) is 8.48. The maximum atomic E-state index is 13.8. The second-order valence-corrected chi connectivity index (χ2v) is 9.38. The van der Waals surface area contributed by atoms with E-state index in [4.69, 9.17) is 0 Å². The first kappa shape index (κ1) is 20.9. The molecule has 0 unspecified atom stereocenters. The van der Waals surface area contributed by atoms with Crippen LogP contribution in [0.4, 0.5) is 5.69 Å². The highest BCUT2D eigenvalue weighted by molar-refractivity contribution is 8.15. The molecule has 160 valence electrons. The van der Waals surface area contributed by atoms with Gasteiger partial charge in [0.05, 0.1) is 31.9 Å². The highest BCUT2D eigenvalue weighted by Gasteiger charge is 2.61. The summed E-state index contributed by atoms with van der Waals surface area (Å²) in [5.41, 5.74) is 2.58. The molecule has 4 rings (SSSR count). The van der Waals surface area contributed by atoms with Crippen molar-refractivity contribution < 1.29 is 19.3 Å². The Morgan fingerprint density at radius 2 is 1.97 bits per heavy atom. The van der Waals surface area contributed by atoms with E-state index in [-0.39, 0.29) is 22.9 Å². The smallest absolute Gasteiger partial charge is 0.271 e. The number of anilines is 1. The maximum Gasteiger partial charge on any atom is 0.271 e. The van der Waals surface area contributed by atoms with Crippen molar-refractivity contribution in [1.29, 1.82) is 0 Å². The molecule has 1 aromatic rings. The van der Waals surface area contributed by atoms with Crippen LogP contribution in [0, 0.1) is 6.92 Å². The molecule has 0 aliphatic carbocycles. The normalized spacial score (nSPS) is 23.7. The lowest BCUT2D eigenvalue weighted by Crippen LogP contribution is -3.13. The second-order valence-electron chi connectivity index (χ2n) is 8.20. The molecule has 0 radical (unpaired) electrons. The number of rotatable bonds is 3. The number of hydrazone groups is 1. The van der Waals surface area contributed by atoms with Gasteiger partial charge in [0.1, 0.15) is 0 Å². The Balaban J connectivity index is 1.70. The summed E-state index contributed by atoms with van der Waals surface area (Å²) >= 11 is 1.14. The third-order valence-corrected chi connectivity index (χ3v) is 7.15. The van der Waals surface area contributed by atoms with Crippen molar-refractivity contribution in [2.75, 3.05) is 31.1 Å². The van der Waals surface area contributed by atoms with Crippen molar-refractivity contribution in [3.63, 3.8) is 0 Å². The number of amides is 3. The topological polar surface area (TPSA) is 86.5 Å². The van der Waals surface area contributed by atoms with Crippen LogP contribution in [0.1, 0.15) is 44.2 Å². The number of hydrogen-bond donors (Lipinski definition) is 2. The van der Waals surface area contributed by atoms with Gasteiger partial charge in [0.25, 0.3) is 5.91 Å². The number of amidine groups is 1. The zero-order valence-corrected chi connectivity index (χ0v) is 18.5. The summed E-state index contributed by atoms with van der Waals surface area (Å²) in [5.74, 6) is -0.807. The van der Waals surface area contributed by atoms with Gasteiger partial charge in [-0.2, -0.15) is 5.01 Å². The van der Waals surface area contributed by atoms with Crippen LogP contribution in [-0.4, -0.2) is 54.1 Å². The molecule has 30 heavy (non-hydrogen) atoms. The van der Waals surface area contributed by atoms with Gasteiger partial charge in [-0.1, -0.05) is 17.7 Å². The molecule has 2 N–H and O–H groups in total. The highest BCUT2D eigenvalue weighted by atomic mass is 32.2. The molecule has 1 aromatic carbocycles. The Morgan fingerprint density at radius 3 is 2.63 bits per heavy atom. The molecule has 1 spiro atoms. The van der Waals surface area contributed by atoms with Crippen molar-refractivity contribution in [2.45, 2.75) is 44.9 Å². The Bertz CT molecular complexity index is 927. The van der Waals surface area contributed by atoms with E-state index in [1.165, 1.54) is 43.0 Å². The number of quaternary nitrogens is 1. The van der Waals surface area contributed by atoms with E-state index in [1.54, 1.807) is 4.90 Å². The van der Waals surface area contributed by atoms with Crippen molar-refractivity contribution in [3.05, 3.63) is 29.3 Å². The summed E-state index contributed by atoms with van der Waals surface area (Å²) in [5, 5.41) is 8.45. The predicted molar refractivity (Wildman–Crippen MR) is 116 cm³/mol. The van der Waals surface area contributed by atoms with E-state index in [0.717, 1.165) is 48.2 Å². The van der Waals surface area contributed by atoms with Crippen molar-refractivity contribution in [3.8, 4) is 0 Å². The van der Waals surface area contributed by atoms with E-state index in [2.05, 4.69) is 10.4 Å². The number of aryl methyl sites for hydroxylation is 1. The molecular weight excluding hydrogens is 402 g/mol. The molecule has 8 nitrogen and oxygen atoms in total. The number of carbonyl (C=O) groups excluding carboxylic acids is 3. The van der Waals surface area contributed by atoms with Crippen LogP contribution >= 0.6 is 11.8 Å². The Labute approximate surface area is 180 Å². The van der Waals surface area contributed by atoms with Gasteiger partial charge >= 0.3 is 0 Å². The summed E-state index contributed by atoms with van der Waals surface area (Å²) in [4.78, 5) is 39.9. The molecule has 1 saturated heterocycles. The molecule has 3 aliphatic heterocycles. The SMILES string of the molecule is CC(=O)NC1=NN(C(C)=O)[C@@]2(S1)C(=O)N(CC[NH+]1CCCCC1)c1ccc(C)cc12. The van der Waals surface area contributed by atoms with Crippen molar-refractivity contribution in [2.24, 2.45) is 5.10 Å². The largest absolute Gasteiger partial charge is 0.333 e. The number of fused-ring (bicyclic) bond motifs is 2. The van der Waals surface area contributed by atoms with E-state index >= 15 is 0 Å². The second kappa shape index (κ2) is 8.03. The minimum absolute atomic E-state index is 0.177. The van der Waals surface area contributed by atoms with Crippen LogP contribution < -0.4 is 15.1 Å². The number of benzene rings is 1. The summed E-state index contributed by atoms with van der Waals surface area (Å²) in [6, 6.07) is 5.90. The average molecular weight is 431 g/mol. The Kier molecular flexibility index (Phi) is 5.59. The van der Waals surface area contributed by atoms with E-state index in [9.17, 15) is 14.4 Å². The fourth-order valence-electron chi connectivity index (χ4n) is 4.52. The first-order valence-electron chi connectivity index (χ1n) is 10.5. The van der Waals surface area contributed by atoms with E-state index in [0.29, 0.717) is 6.54 Å². The number of carbonyl (C=O) groups is 3. The fourth-order valence-corrected chi connectivity index (χ4v) is 5.84. The fraction of sp³-hybridized carbons (Fsp3) is 0.524. The predicted octanol–water partition coefficient (Wildman–Crippen LogP) is 0.566. The summed E-state index contributed by atoms with van der Waals surface area (Å²) in [7, 11) is 0. The lowest BCUT2D eigenvalue weighted by Gasteiger charge is -2.30. The van der Waals surface area contributed by atoms with Gasteiger partial charge in [-0.05, 0) is 44.0 Å². The zero-order valence-electron chi connectivity index (χ0n) is 17.7. The van der Waals surface area contributed by atoms with E-state index < -0.39 is 4.87 Å². The lowest BCUT2D eigenvalue weighted by atomic mass is 10.0. The third kappa shape index (κ3) is 3.50. The number of likely N-dealkylation sites (tertiary alicyclic amines) is 1. The van der Waals surface area contributed by atoms with Crippen molar-refractivity contribution >= 4 is 40.3 Å². The molecule has 0 bridgehead atoms. The first-order chi connectivity index (χ1) is 14.3. The van der Waals surface area contributed by atoms with Gasteiger partial charge in [-0.15, -0.1) is 5.10 Å². The Morgan fingerprint density at radius 1 is 1.23 bits per heavy atom. The average Bonchev–Trinajstić information content (AvgIpc) is 3.18. The summed E-state index contributed by atoms with van der Waals surface area (Å²) < 4.78 is 0. The highest BCUT2D eigenvalue weighted by Crippen LogP contribution is 2.54. The number of nitrogens with zero attached hydrogens (tertiary/aromatic N) is 3. The van der Waals surface area contributed by atoms with Gasteiger partial charge < -0.3 is 15.1 Å². The van der Waals surface area contributed by atoms with Gasteiger partial charge in [0, 0.05) is 19.4 Å². The standard InChI is InChI=1S/C21H27N5O3S/c1-14-7-8-18-17(13-14)21(26(16(3)28)23-20(30-21)22-15(2)27)19(29)25(18)12-11-24-9-5-4-6-10-24/h7-8,13H,4-6,9-12H2,1-3H3,(H,22,23,27)/p+1/t21-/m0/s1. The van der Waals surface area contributed by atoms with Crippen molar-refractivity contribution in [1.82, 2.24) is 10.3 Å². The minimum Gasteiger partial charge on any atom is -0.333 e. The van der Waals surface area contributed by atoms with Crippen LogP contribution in [0.15, 0.2) is 23.3 Å². The minimum atomic E-state index is -1.30. The molecule has 0 saturated carbocycles. The first-order valence-corrected chi connectivity index (χ1v) is 11.3. The maximum absolute atomic E-state index is 13.8. The van der Waals surface area contributed by atoms with Gasteiger partial charge in [-0.25, -0.2) is 0 Å². The lowest BCUT2D eigenvalue weighted by molar-refractivity contribution is -0.903. The third-order valence-electron chi connectivity index (χ3n) is 5.91. The van der Waals surface area contributed by atoms with Crippen LogP contribution in [0.5, 0.6) is 0 Å². The van der Waals surface area contributed by atoms with Gasteiger partial charge in [0.2, 0.25) is 16.7 Å². The van der Waals surface area contributed by atoms with Gasteiger partial charge in [-0.3, -0.25) is 14.4 Å². The molecular formula is C21H28N5O3S+.